The standard InChI is InChI=1S/C26H39NO11Si/c1-14(28)34-20-21(35-15(2)29)23(36-16(3)30)25(38-22(20)24(31)32-7)37-19-12-18(27)11-10-17(19)13-33-39(8,9)26(4,5)6/h10-12,20-23,25H,13,27H2,1-9H3/t20-,21-,22-,23+,25+/m0/s1. The number of anilines is 1. The lowest BCUT2D eigenvalue weighted by molar-refractivity contribution is -0.282. The van der Waals surface area contributed by atoms with Gasteiger partial charge in [-0.05, 0) is 24.2 Å². The molecule has 0 saturated carbocycles. The first-order valence-corrected chi connectivity index (χ1v) is 15.3. The highest BCUT2D eigenvalue weighted by Gasteiger charge is 2.56. The number of nitrogens with two attached hydrogens (primary N) is 1. The molecule has 39 heavy (non-hydrogen) atoms. The molecule has 1 aliphatic heterocycles. The molecule has 2 N–H and O–H groups in total. The second kappa shape index (κ2) is 12.8. The number of ether oxygens (including phenoxy) is 6. The van der Waals surface area contributed by atoms with E-state index in [4.69, 9.17) is 38.6 Å². The highest BCUT2D eigenvalue weighted by molar-refractivity contribution is 6.74. The van der Waals surface area contributed by atoms with Gasteiger partial charge < -0.3 is 38.6 Å². The van der Waals surface area contributed by atoms with Gasteiger partial charge in [0, 0.05) is 38.1 Å². The van der Waals surface area contributed by atoms with Gasteiger partial charge in [0.15, 0.2) is 26.6 Å². The monoisotopic (exact) mass is 569 g/mol. The third-order valence-electron chi connectivity index (χ3n) is 6.56. The first-order valence-electron chi connectivity index (χ1n) is 12.4. The van der Waals surface area contributed by atoms with Crippen molar-refractivity contribution >= 4 is 37.9 Å². The Kier molecular flexibility index (Phi) is 10.5. The Bertz CT molecular complexity index is 1070. The Hall–Kier alpha value is -3.16. The predicted molar refractivity (Wildman–Crippen MR) is 141 cm³/mol. The molecule has 5 atom stereocenters. The molecule has 2 rings (SSSR count). The summed E-state index contributed by atoms with van der Waals surface area (Å²) >= 11 is 0. The van der Waals surface area contributed by atoms with Gasteiger partial charge in [-0.25, -0.2) is 4.79 Å². The van der Waals surface area contributed by atoms with E-state index >= 15 is 0 Å². The molecular formula is C26H39NO11Si. The minimum Gasteiger partial charge on any atom is -0.467 e. The molecule has 12 nitrogen and oxygen atoms in total. The maximum Gasteiger partial charge on any atom is 0.339 e. The molecular weight excluding hydrogens is 530 g/mol. The predicted octanol–water partition coefficient (Wildman–Crippen LogP) is 2.86. The molecule has 1 fully saturated rings. The molecule has 1 aliphatic rings. The SMILES string of the molecule is COC(=O)[C@H]1O[C@@H](Oc2cc(N)ccc2CO[Si](C)(C)C(C)(C)C)[C@H](OC(C)=O)[C@@H](OC(C)=O)[C@@H]1OC(C)=O. The van der Waals surface area contributed by atoms with Gasteiger partial charge in [0.1, 0.15) is 5.75 Å². The minimum absolute atomic E-state index is 0.0502. The number of carbonyl (C=O) groups excluding carboxylic acids is 4. The van der Waals surface area contributed by atoms with Gasteiger partial charge in [0.05, 0.1) is 13.7 Å². The number of carbonyl (C=O) groups is 4. The fourth-order valence-electron chi connectivity index (χ4n) is 3.57. The number of esters is 4. The zero-order valence-corrected chi connectivity index (χ0v) is 24.9. The average molecular weight is 570 g/mol. The summed E-state index contributed by atoms with van der Waals surface area (Å²) in [7, 11) is -1.04. The topological polar surface area (TPSA) is 159 Å². The van der Waals surface area contributed by atoms with Crippen molar-refractivity contribution in [2.24, 2.45) is 0 Å². The summed E-state index contributed by atoms with van der Waals surface area (Å²) in [5, 5.41) is -0.0502. The van der Waals surface area contributed by atoms with E-state index in [0.29, 0.717) is 11.3 Å². The second-order valence-electron chi connectivity index (χ2n) is 10.7. The van der Waals surface area contributed by atoms with Crippen molar-refractivity contribution in [3.63, 3.8) is 0 Å². The molecule has 1 saturated heterocycles. The Morgan fingerprint density at radius 3 is 1.97 bits per heavy atom. The van der Waals surface area contributed by atoms with Crippen LogP contribution < -0.4 is 10.5 Å². The van der Waals surface area contributed by atoms with Crippen molar-refractivity contribution in [3.8, 4) is 5.75 Å². The van der Waals surface area contributed by atoms with Crippen LogP contribution in [-0.4, -0.2) is 70.0 Å². The van der Waals surface area contributed by atoms with Crippen molar-refractivity contribution in [1.82, 2.24) is 0 Å². The normalized spacial score (nSPS) is 23.4. The van der Waals surface area contributed by atoms with Crippen LogP contribution in [0, 0.1) is 0 Å². The van der Waals surface area contributed by atoms with Crippen LogP contribution in [0.2, 0.25) is 18.1 Å². The summed E-state index contributed by atoms with van der Waals surface area (Å²) in [5.41, 5.74) is 7.00. The van der Waals surface area contributed by atoms with Gasteiger partial charge in [-0.1, -0.05) is 26.8 Å². The summed E-state index contributed by atoms with van der Waals surface area (Å²) in [4.78, 5) is 48.6. The molecule has 0 amide bonds. The Morgan fingerprint density at radius 1 is 0.923 bits per heavy atom. The second-order valence-corrected chi connectivity index (χ2v) is 15.5. The lowest BCUT2D eigenvalue weighted by Gasteiger charge is -2.43. The zero-order chi connectivity index (χ0) is 29.7. The van der Waals surface area contributed by atoms with E-state index in [1.54, 1.807) is 12.1 Å². The average Bonchev–Trinajstić information content (AvgIpc) is 2.80. The van der Waals surface area contributed by atoms with Crippen LogP contribution in [0.3, 0.4) is 0 Å². The number of hydrogen-bond acceptors (Lipinski definition) is 12. The van der Waals surface area contributed by atoms with Gasteiger partial charge >= 0.3 is 23.9 Å². The molecule has 0 aromatic heterocycles. The molecule has 0 aliphatic carbocycles. The first-order chi connectivity index (χ1) is 18.0. The number of nitrogen functional groups attached to an aromatic ring is 1. The number of hydrogen-bond donors (Lipinski definition) is 1. The fraction of sp³-hybridized carbons (Fsp3) is 0.615. The van der Waals surface area contributed by atoms with Crippen molar-refractivity contribution in [1.29, 1.82) is 0 Å². The molecule has 1 heterocycles. The van der Waals surface area contributed by atoms with Crippen LogP contribution in [-0.2, 0) is 53.9 Å². The van der Waals surface area contributed by atoms with Gasteiger partial charge in [0.2, 0.25) is 12.4 Å². The third-order valence-corrected chi connectivity index (χ3v) is 11.0. The molecule has 1 aromatic carbocycles. The van der Waals surface area contributed by atoms with E-state index in [-0.39, 0.29) is 17.4 Å². The van der Waals surface area contributed by atoms with Gasteiger partial charge in [-0.2, -0.15) is 0 Å². The summed E-state index contributed by atoms with van der Waals surface area (Å²) < 4.78 is 39.3. The van der Waals surface area contributed by atoms with Crippen molar-refractivity contribution < 1.29 is 52.0 Å². The van der Waals surface area contributed by atoms with Crippen LogP contribution in [0.4, 0.5) is 5.69 Å². The number of rotatable bonds is 9. The van der Waals surface area contributed by atoms with Crippen molar-refractivity contribution in [2.75, 3.05) is 12.8 Å². The van der Waals surface area contributed by atoms with Crippen LogP contribution >= 0.6 is 0 Å². The summed E-state index contributed by atoms with van der Waals surface area (Å²) in [5.74, 6) is -3.04. The van der Waals surface area contributed by atoms with E-state index in [9.17, 15) is 19.2 Å². The Morgan fingerprint density at radius 2 is 1.46 bits per heavy atom. The van der Waals surface area contributed by atoms with Gasteiger partial charge in [-0.15, -0.1) is 0 Å². The fourth-order valence-corrected chi connectivity index (χ4v) is 4.52. The van der Waals surface area contributed by atoms with E-state index < -0.39 is 62.9 Å². The summed E-state index contributed by atoms with van der Waals surface area (Å²) in [6.07, 6.45) is -7.47. The summed E-state index contributed by atoms with van der Waals surface area (Å²) in [6, 6.07) is 4.94. The highest BCUT2D eigenvalue weighted by atomic mass is 28.4. The molecule has 0 spiro atoms. The van der Waals surface area contributed by atoms with Crippen LogP contribution in [0.15, 0.2) is 18.2 Å². The van der Waals surface area contributed by atoms with E-state index in [0.717, 1.165) is 27.9 Å². The molecule has 0 radical (unpaired) electrons. The zero-order valence-electron chi connectivity index (χ0n) is 23.9. The maximum atomic E-state index is 12.7. The number of methoxy groups -OCH3 is 1. The van der Waals surface area contributed by atoms with Crippen molar-refractivity contribution in [3.05, 3.63) is 23.8 Å². The third kappa shape index (κ3) is 8.41. The van der Waals surface area contributed by atoms with E-state index in [1.165, 1.54) is 6.07 Å². The highest BCUT2D eigenvalue weighted by Crippen LogP contribution is 2.38. The maximum absolute atomic E-state index is 12.7. The Balaban J connectivity index is 2.54. The van der Waals surface area contributed by atoms with Gasteiger partial charge in [-0.3, -0.25) is 14.4 Å². The van der Waals surface area contributed by atoms with Crippen LogP contribution in [0.5, 0.6) is 5.75 Å². The lowest BCUT2D eigenvalue weighted by atomic mass is 9.97. The largest absolute Gasteiger partial charge is 0.467 e. The van der Waals surface area contributed by atoms with E-state index in [1.807, 2.05) is 0 Å². The molecule has 1 aromatic rings. The summed E-state index contributed by atoms with van der Waals surface area (Å²) in [6.45, 7) is 14.1. The molecule has 218 valence electrons. The van der Waals surface area contributed by atoms with Crippen LogP contribution in [0.1, 0.15) is 47.1 Å². The Labute approximate surface area is 229 Å². The smallest absolute Gasteiger partial charge is 0.339 e. The molecule has 13 heteroatoms. The van der Waals surface area contributed by atoms with Gasteiger partial charge in [0.25, 0.3) is 0 Å². The van der Waals surface area contributed by atoms with E-state index in [2.05, 4.69) is 33.9 Å². The number of benzene rings is 1. The minimum atomic E-state index is -2.15. The molecule has 0 unspecified atom stereocenters. The van der Waals surface area contributed by atoms with Crippen LogP contribution in [0.25, 0.3) is 0 Å². The lowest BCUT2D eigenvalue weighted by Crippen LogP contribution is -2.64. The quantitative estimate of drug-likeness (QED) is 0.201. The molecule has 0 bridgehead atoms. The first kappa shape index (κ1) is 32.1. The van der Waals surface area contributed by atoms with Crippen molar-refractivity contribution in [2.45, 2.75) is 97.0 Å².